The lowest BCUT2D eigenvalue weighted by Crippen LogP contribution is -2.59. The first-order chi connectivity index (χ1) is 23.7. The number of halogens is 1. The number of nitrogens with one attached hydrogen (secondary N) is 3. The SMILES string of the molecule is Cc1ncsc1-c1ccc(CNC(=O)[C@@H]2C[C@@H](O)CN2C(=O)C(NC(=O)C2(F)CC2)C(C)(C)C)c(OCCCCCCCCCNC(=O)O)c1. The Bertz CT molecular complexity index is 1490. The van der Waals surface area contributed by atoms with Gasteiger partial charge in [0.15, 0.2) is 5.67 Å². The summed E-state index contributed by atoms with van der Waals surface area (Å²) in [4.78, 5) is 57.2. The number of likely N-dealkylation sites (tertiary alicyclic amines) is 1. The predicted octanol–water partition coefficient (Wildman–Crippen LogP) is 5.11. The van der Waals surface area contributed by atoms with E-state index in [9.17, 15) is 28.7 Å². The fourth-order valence-electron chi connectivity index (χ4n) is 6.06. The van der Waals surface area contributed by atoms with Crippen LogP contribution in [0.3, 0.4) is 0 Å². The maximum absolute atomic E-state index is 14.5. The van der Waals surface area contributed by atoms with E-state index in [4.69, 9.17) is 9.84 Å². The average molecular weight is 718 g/mol. The van der Waals surface area contributed by atoms with Crippen LogP contribution in [0, 0.1) is 12.3 Å². The van der Waals surface area contributed by atoms with Gasteiger partial charge in [0, 0.05) is 31.6 Å². The van der Waals surface area contributed by atoms with E-state index in [0.29, 0.717) is 18.9 Å². The van der Waals surface area contributed by atoms with E-state index in [1.165, 1.54) is 16.2 Å². The molecule has 0 radical (unpaired) electrons. The highest BCUT2D eigenvalue weighted by atomic mass is 32.1. The van der Waals surface area contributed by atoms with Crippen molar-refractivity contribution in [1.82, 2.24) is 25.8 Å². The van der Waals surface area contributed by atoms with Gasteiger partial charge in [-0.25, -0.2) is 14.2 Å². The number of aliphatic hydroxyl groups is 1. The van der Waals surface area contributed by atoms with Crippen molar-refractivity contribution in [3.63, 3.8) is 0 Å². The molecule has 1 aliphatic heterocycles. The van der Waals surface area contributed by atoms with E-state index in [1.807, 2.05) is 25.1 Å². The molecule has 12 nitrogen and oxygen atoms in total. The first kappa shape index (κ1) is 39.0. The molecule has 3 atom stereocenters. The molecule has 2 heterocycles. The first-order valence-electron chi connectivity index (χ1n) is 17.6. The second-order valence-corrected chi connectivity index (χ2v) is 15.4. The molecule has 276 valence electrons. The van der Waals surface area contributed by atoms with Gasteiger partial charge >= 0.3 is 6.09 Å². The van der Waals surface area contributed by atoms with Crippen LogP contribution in [0.2, 0.25) is 0 Å². The van der Waals surface area contributed by atoms with Crippen LogP contribution in [-0.2, 0) is 20.9 Å². The van der Waals surface area contributed by atoms with E-state index >= 15 is 0 Å². The number of carboxylic acid groups (broad SMARTS) is 1. The minimum Gasteiger partial charge on any atom is -0.493 e. The molecule has 4 rings (SSSR count). The van der Waals surface area contributed by atoms with Crippen LogP contribution >= 0.6 is 11.3 Å². The minimum absolute atomic E-state index is 0.0433. The highest BCUT2D eigenvalue weighted by Gasteiger charge is 2.53. The molecule has 1 saturated heterocycles. The Balaban J connectivity index is 1.36. The number of benzene rings is 1. The van der Waals surface area contributed by atoms with E-state index in [-0.39, 0.29) is 32.4 Å². The van der Waals surface area contributed by atoms with Crippen molar-refractivity contribution < 1.29 is 38.5 Å². The number of aliphatic hydroxyl groups excluding tert-OH is 1. The number of nitrogens with zero attached hydrogens (tertiary/aromatic N) is 2. The molecule has 5 N–H and O–H groups in total. The quantitative estimate of drug-likeness (QED) is 0.133. The van der Waals surface area contributed by atoms with E-state index in [0.717, 1.165) is 66.6 Å². The summed E-state index contributed by atoms with van der Waals surface area (Å²) in [5, 5.41) is 27.1. The maximum atomic E-state index is 14.5. The van der Waals surface area contributed by atoms with Gasteiger partial charge in [-0.1, -0.05) is 65.0 Å². The zero-order chi connectivity index (χ0) is 36.5. The second kappa shape index (κ2) is 17.4. The van der Waals surface area contributed by atoms with E-state index in [2.05, 4.69) is 20.9 Å². The Hall–Kier alpha value is -3.78. The number of alkyl halides is 1. The zero-order valence-electron chi connectivity index (χ0n) is 29.6. The van der Waals surface area contributed by atoms with Gasteiger partial charge in [0.1, 0.15) is 17.8 Å². The molecule has 1 aromatic heterocycles. The highest BCUT2D eigenvalue weighted by molar-refractivity contribution is 7.13. The summed E-state index contributed by atoms with van der Waals surface area (Å²) in [5.74, 6) is -1.16. The van der Waals surface area contributed by atoms with Crippen LogP contribution in [0.5, 0.6) is 5.75 Å². The number of thiazole rings is 1. The lowest BCUT2D eigenvalue weighted by Gasteiger charge is -2.35. The van der Waals surface area contributed by atoms with Gasteiger partial charge < -0.3 is 35.8 Å². The highest BCUT2D eigenvalue weighted by Crippen LogP contribution is 2.40. The third kappa shape index (κ3) is 10.9. The number of aryl methyl sites for hydroxylation is 1. The molecule has 2 aromatic rings. The van der Waals surface area contributed by atoms with Crippen molar-refractivity contribution in [2.24, 2.45) is 5.41 Å². The standard InChI is InChI=1S/C36H52FN5O7S/c1-23-29(50-22-40-23)24-12-13-25(28(18-24)49-17-11-9-7-5-6-8-10-16-38-34(47)48)20-39-31(44)27-19-26(43)21-42(27)32(45)30(35(2,3)4)41-33(46)36(37)14-15-36/h12-13,18,22,26-27,30,38,43H,5-11,14-17,19-21H2,1-4H3,(H,39,44)(H,41,46)(H,47,48)/t26-,27+,30?/m1/s1. The molecular weight excluding hydrogens is 665 g/mol. The molecule has 1 unspecified atom stereocenters. The van der Waals surface area contributed by atoms with Gasteiger partial charge in [-0.05, 0) is 49.7 Å². The lowest BCUT2D eigenvalue weighted by molar-refractivity contribution is -0.145. The summed E-state index contributed by atoms with van der Waals surface area (Å²) in [6, 6.07) is 3.79. The molecule has 0 spiro atoms. The molecule has 2 aliphatic rings. The first-order valence-corrected chi connectivity index (χ1v) is 18.5. The number of hydrogen-bond donors (Lipinski definition) is 5. The number of aromatic nitrogens is 1. The molecule has 1 aliphatic carbocycles. The van der Waals surface area contributed by atoms with E-state index in [1.54, 1.807) is 26.3 Å². The fourth-order valence-corrected chi connectivity index (χ4v) is 6.86. The third-order valence-corrected chi connectivity index (χ3v) is 10.2. The van der Waals surface area contributed by atoms with Crippen LogP contribution in [0.25, 0.3) is 10.4 Å². The largest absolute Gasteiger partial charge is 0.493 e. The van der Waals surface area contributed by atoms with Crippen molar-refractivity contribution in [2.75, 3.05) is 19.7 Å². The Morgan fingerprint density at radius 3 is 2.38 bits per heavy atom. The molecule has 2 fully saturated rings. The van der Waals surface area contributed by atoms with Gasteiger partial charge in [-0.2, -0.15) is 0 Å². The summed E-state index contributed by atoms with van der Waals surface area (Å²) in [6.07, 6.45) is 5.18. The number of carbonyl (C=O) groups is 4. The topological polar surface area (TPSA) is 170 Å². The van der Waals surface area contributed by atoms with Crippen molar-refractivity contribution in [3.8, 4) is 16.2 Å². The van der Waals surface area contributed by atoms with Gasteiger partial charge in [-0.3, -0.25) is 14.4 Å². The molecule has 4 amide bonds. The zero-order valence-corrected chi connectivity index (χ0v) is 30.4. The number of rotatable bonds is 18. The van der Waals surface area contributed by atoms with Crippen LogP contribution in [-0.4, -0.2) is 87.5 Å². The Kier molecular flexibility index (Phi) is 13.6. The minimum atomic E-state index is -1.96. The summed E-state index contributed by atoms with van der Waals surface area (Å²) in [5.41, 5.74) is 1.70. The molecule has 14 heteroatoms. The number of unbranched alkanes of at least 4 members (excludes halogenated alkanes) is 6. The summed E-state index contributed by atoms with van der Waals surface area (Å²) in [7, 11) is 0. The number of β-amino-alcohol motifs (C(OH)–C–C–N with tert-alkyl or cyclic N) is 1. The van der Waals surface area contributed by atoms with Crippen molar-refractivity contribution in [1.29, 1.82) is 0 Å². The van der Waals surface area contributed by atoms with Crippen molar-refractivity contribution >= 4 is 35.2 Å². The Morgan fingerprint density at radius 1 is 1.08 bits per heavy atom. The summed E-state index contributed by atoms with van der Waals surface area (Å²) < 4.78 is 20.8. The van der Waals surface area contributed by atoms with Gasteiger partial charge in [0.25, 0.3) is 5.91 Å². The van der Waals surface area contributed by atoms with Gasteiger partial charge in [0.2, 0.25) is 11.8 Å². The predicted molar refractivity (Wildman–Crippen MR) is 189 cm³/mol. The van der Waals surface area contributed by atoms with Crippen LogP contribution in [0.15, 0.2) is 23.7 Å². The maximum Gasteiger partial charge on any atom is 0.404 e. The summed E-state index contributed by atoms with van der Waals surface area (Å²) >= 11 is 1.54. The normalized spacial score (nSPS) is 18.7. The molecule has 1 saturated carbocycles. The van der Waals surface area contributed by atoms with Crippen LogP contribution < -0.4 is 20.7 Å². The average Bonchev–Trinajstić information content (AvgIpc) is 3.47. The van der Waals surface area contributed by atoms with E-state index < -0.39 is 53.1 Å². The molecular formula is C36H52FN5O7S. The Morgan fingerprint density at radius 2 is 1.76 bits per heavy atom. The number of hydrogen-bond acceptors (Lipinski definition) is 8. The molecule has 50 heavy (non-hydrogen) atoms. The summed E-state index contributed by atoms with van der Waals surface area (Å²) in [6.45, 7) is 8.27. The van der Waals surface area contributed by atoms with Crippen LogP contribution in [0.1, 0.15) is 96.2 Å². The van der Waals surface area contributed by atoms with Gasteiger partial charge in [0.05, 0.1) is 28.8 Å². The van der Waals surface area contributed by atoms with Gasteiger partial charge in [-0.15, -0.1) is 11.3 Å². The van der Waals surface area contributed by atoms with Crippen LogP contribution in [0.4, 0.5) is 9.18 Å². The van der Waals surface area contributed by atoms with Crippen molar-refractivity contribution in [2.45, 2.75) is 122 Å². The Labute approximate surface area is 297 Å². The molecule has 1 aromatic carbocycles. The third-order valence-electron chi connectivity index (χ3n) is 9.23. The number of ether oxygens (including phenoxy) is 1. The smallest absolute Gasteiger partial charge is 0.404 e. The monoisotopic (exact) mass is 717 g/mol. The number of amides is 4. The molecule has 0 bridgehead atoms. The fraction of sp³-hybridized carbons (Fsp3) is 0.639. The van der Waals surface area contributed by atoms with Crippen molar-refractivity contribution in [3.05, 3.63) is 35.0 Å². The lowest BCUT2D eigenvalue weighted by atomic mass is 9.85. The number of carbonyl (C=O) groups excluding carboxylic acids is 3. The second-order valence-electron chi connectivity index (χ2n) is 14.5.